The Labute approximate surface area is 188 Å². The molecule has 1 aromatic heterocycles. The molecule has 0 saturated carbocycles. The summed E-state index contributed by atoms with van der Waals surface area (Å²) in [5.74, 6) is 0.167. The van der Waals surface area contributed by atoms with Crippen LogP contribution in [-0.4, -0.2) is 35.1 Å². The van der Waals surface area contributed by atoms with Crippen molar-refractivity contribution < 1.29 is 4.79 Å². The first-order chi connectivity index (χ1) is 14.4. The number of fused-ring (bicyclic) bond motifs is 1. The second kappa shape index (κ2) is 8.78. The number of benzene rings is 2. The molecule has 30 heavy (non-hydrogen) atoms. The zero-order valence-electron chi connectivity index (χ0n) is 16.6. The van der Waals surface area contributed by atoms with Gasteiger partial charge in [0.05, 0.1) is 17.2 Å². The lowest BCUT2D eigenvalue weighted by Crippen LogP contribution is -2.36. The summed E-state index contributed by atoms with van der Waals surface area (Å²) in [5.41, 5.74) is 2.73. The summed E-state index contributed by atoms with van der Waals surface area (Å²) in [5, 5.41) is 4.19. The quantitative estimate of drug-likeness (QED) is 0.592. The maximum atomic E-state index is 12.6. The van der Waals surface area contributed by atoms with Crippen molar-refractivity contribution >= 4 is 50.0 Å². The molecule has 0 bridgehead atoms. The monoisotopic (exact) mass is 488 g/mol. The van der Waals surface area contributed by atoms with Gasteiger partial charge in [-0.1, -0.05) is 33.6 Å². The zero-order valence-corrected chi connectivity index (χ0v) is 18.9. The van der Waals surface area contributed by atoms with Crippen molar-refractivity contribution in [3.05, 3.63) is 68.1 Å². The lowest BCUT2D eigenvalue weighted by atomic mass is 10.1. The molecule has 2 heterocycles. The summed E-state index contributed by atoms with van der Waals surface area (Å²) in [7, 11) is 0. The van der Waals surface area contributed by atoms with E-state index in [1.165, 1.54) is 16.5 Å². The molecular weight excluding hydrogens is 468 g/mol. The van der Waals surface area contributed by atoms with E-state index in [0.29, 0.717) is 23.4 Å². The van der Waals surface area contributed by atoms with Crippen molar-refractivity contribution in [2.75, 3.05) is 24.5 Å². The number of nitrogens with one attached hydrogen (secondary N) is 1. The van der Waals surface area contributed by atoms with E-state index >= 15 is 0 Å². The van der Waals surface area contributed by atoms with E-state index in [1.54, 1.807) is 12.1 Å². The Bertz CT molecular complexity index is 1160. The highest BCUT2D eigenvalue weighted by molar-refractivity contribution is 9.10. The number of nitrogens with zero attached hydrogens (tertiary/aromatic N) is 3. The molecule has 8 heteroatoms. The van der Waals surface area contributed by atoms with Gasteiger partial charge in [0.15, 0.2) is 0 Å². The van der Waals surface area contributed by atoms with Crippen molar-refractivity contribution in [1.82, 2.24) is 14.9 Å². The van der Waals surface area contributed by atoms with Crippen LogP contribution < -0.4 is 15.8 Å². The number of carbonyl (C=O) groups is 1. The van der Waals surface area contributed by atoms with Gasteiger partial charge < -0.3 is 10.2 Å². The van der Waals surface area contributed by atoms with E-state index in [4.69, 9.17) is 11.6 Å². The third-order valence-electron chi connectivity index (χ3n) is 5.49. The van der Waals surface area contributed by atoms with Gasteiger partial charge in [-0.3, -0.25) is 14.2 Å². The van der Waals surface area contributed by atoms with Crippen LogP contribution in [0.5, 0.6) is 0 Å². The van der Waals surface area contributed by atoms with Crippen LogP contribution in [0.4, 0.5) is 5.69 Å². The topological polar surface area (TPSA) is 67.2 Å². The Kier molecular flexibility index (Phi) is 6.11. The SMILES string of the molecule is Cc1ccc(Cl)cc1N1CCC(CNC(=O)Cn2cnc3ccc(Br)cc3c2=O)C1. The van der Waals surface area contributed by atoms with Gasteiger partial charge in [0.2, 0.25) is 5.91 Å². The molecule has 1 atom stereocenters. The van der Waals surface area contributed by atoms with Gasteiger partial charge in [-0.05, 0) is 55.2 Å². The smallest absolute Gasteiger partial charge is 0.261 e. The fourth-order valence-corrected chi connectivity index (χ4v) is 4.38. The predicted molar refractivity (Wildman–Crippen MR) is 123 cm³/mol. The first kappa shape index (κ1) is 20.9. The largest absolute Gasteiger partial charge is 0.371 e. The number of hydrogen-bond donors (Lipinski definition) is 1. The molecule has 2 aromatic carbocycles. The lowest BCUT2D eigenvalue weighted by Gasteiger charge is -2.21. The Morgan fingerprint density at radius 2 is 2.13 bits per heavy atom. The van der Waals surface area contributed by atoms with Gasteiger partial charge in [0.1, 0.15) is 6.54 Å². The summed E-state index contributed by atoms with van der Waals surface area (Å²) in [6.45, 7) is 4.42. The first-order valence-corrected chi connectivity index (χ1v) is 11.0. The minimum atomic E-state index is -0.222. The number of hydrogen-bond acceptors (Lipinski definition) is 4. The summed E-state index contributed by atoms with van der Waals surface area (Å²) >= 11 is 9.52. The molecule has 0 aliphatic carbocycles. The lowest BCUT2D eigenvalue weighted by molar-refractivity contribution is -0.121. The van der Waals surface area contributed by atoms with Crippen LogP contribution in [0.2, 0.25) is 5.02 Å². The Morgan fingerprint density at radius 1 is 1.30 bits per heavy atom. The average molecular weight is 490 g/mol. The number of aryl methyl sites for hydroxylation is 1. The van der Waals surface area contributed by atoms with Crippen molar-refractivity contribution in [3.8, 4) is 0 Å². The van der Waals surface area contributed by atoms with Crippen molar-refractivity contribution in [2.24, 2.45) is 5.92 Å². The third kappa shape index (κ3) is 4.52. The van der Waals surface area contributed by atoms with Crippen LogP contribution >= 0.6 is 27.5 Å². The van der Waals surface area contributed by atoms with E-state index in [9.17, 15) is 9.59 Å². The van der Waals surface area contributed by atoms with Crippen LogP contribution in [0.3, 0.4) is 0 Å². The third-order valence-corrected chi connectivity index (χ3v) is 6.21. The zero-order chi connectivity index (χ0) is 21.3. The summed E-state index contributed by atoms with van der Waals surface area (Å²) in [6.07, 6.45) is 2.43. The molecule has 0 spiro atoms. The number of amides is 1. The van der Waals surface area contributed by atoms with Gasteiger partial charge in [-0.2, -0.15) is 0 Å². The maximum absolute atomic E-state index is 12.6. The molecule has 3 aromatic rings. The standard InChI is InChI=1S/C22H22BrClN4O2/c1-14-2-4-17(24)9-20(14)27-7-6-15(11-27)10-25-21(29)12-28-13-26-19-5-3-16(23)8-18(19)22(28)30/h2-5,8-9,13,15H,6-7,10-12H2,1H3,(H,25,29). The molecule has 1 amide bonds. The van der Waals surface area contributed by atoms with Crippen molar-refractivity contribution in [1.29, 1.82) is 0 Å². The Hall–Kier alpha value is -2.38. The van der Waals surface area contributed by atoms with Crippen LogP contribution in [0, 0.1) is 12.8 Å². The molecule has 1 N–H and O–H groups in total. The van der Waals surface area contributed by atoms with Crippen LogP contribution in [-0.2, 0) is 11.3 Å². The summed E-state index contributed by atoms with van der Waals surface area (Å²) < 4.78 is 2.15. The second-order valence-electron chi connectivity index (χ2n) is 7.67. The fraction of sp³-hybridized carbons (Fsp3) is 0.318. The van der Waals surface area contributed by atoms with E-state index in [1.807, 2.05) is 24.3 Å². The number of aromatic nitrogens is 2. The fourth-order valence-electron chi connectivity index (χ4n) is 3.85. The minimum absolute atomic E-state index is 0.0435. The molecule has 1 aliphatic rings. The van der Waals surface area contributed by atoms with E-state index in [-0.39, 0.29) is 18.0 Å². The van der Waals surface area contributed by atoms with E-state index in [2.05, 4.69) is 38.1 Å². The van der Waals surface area contributed by atoms with Crippen molar-refractivity contribution in [2.45, 2.75) is 19.9 Å². The van der Waals surface area contributed by atoms with E-state index < -0.39 is 0 Å². The number of halogens is 2. The maximum Gasteiger partial charge on any atom is 0.261 e. The van der Waals surface area contributed by atoms with Crippen LogP contribution in [0.25, 0.3) is 10.9 Å². The van der Waals surface area contributed by atoms with Gasteiger partial charge in [-0.15, -0.1) is 0 Å². The highest BCUT2D eigenvalue weighted by atomic mass is 79.9. The molecule has 4 rings (SSSR count). The van der Waals surface area contributed by atoms with Gasteiger partial charge in [-0.25, -0.2) is 4.98 Å². The number of rotatable bonds is 5. The molecule has 1 fully saturated rings. The van der Waals surface area contributed by atoms with Gasteiger partial charge >= 0.3 is 0 Å². The van der Waals surface area contributed by atoms with Gasteiger partial charge in [0.25, 0.3) is 5.56 Å². The average Bonchev–Trinajstić information content (AvgIpc) is 3.19. The molecule has 1 aliphatic heterocycles. The highest BCUT2D eigenvalue weighted by Gasteiger charge is 2.24. The summed E-state index contributed by atoms with van der Waals surface area (Å²) in [6, 6.07) is 11.3. The highest BCUT2D eigenvalue weighted by Crippen LogP contribution is 2.29. The van der Waals surface area contributed by atoms with E-state index in [0.717, 1.165) is 34.7 Å². The minimum Gasteiger partial charge on any atom is -0.371 e. The molecule has 1 saturated heterocycles. The van der Waals surface area contributed by atoms with Gasteiger partial charge in [0, 0.05) is 34.8 Å². The molecular formula is C22H22BrClN4O2. The van der Waals surface area contributed by atoms with Crippen molar-refractivity contribution in [3.63, 3.8) is 0 Å². The molecule has 0 radical (unpaired) electrons. The summed E-state index contributed by atoms with van der Waals surface area (Å²) in [4.78, 5) is 31.7. The normalized spacial score (nSPS) is 16.2. The Morgan fingerprint density at radius 3 is 2.97 bits per heavy atom. The van der Waals surface area contributed by atoms with Crippen LogP contribution in [0.1, 0.15) is 12.0 Å². The number of anilines is 1. The molecule has 1 unspecified atom stereocenters. The second-order valence-corrected chi connectivity index (χ2v) is 9.03. The molecule has 156 valence electrons. The van der Waals surface area contributed by atoms with Crippen LogP contribution in [0.15, 0.2) is 52.0 Å². The molecule has 6 nitrogen and oxygen atoms in total. The Balaban J connectivity index is 1.36. The first-order valence-electron chi connectivity index (χ1n) is 9.83. The predicted octanol–water partition coefficient (Wildman–Crippen LogP) is 3.76. The number of carbonyl (C=O) groups excluding carboxylic acids is 1.